The Bertz CT molecular complexity index is 377. The maximum absolute atomic E-state index is 12.9. The summed E-state index contributed by atoms with van der Waals surface area (Å²) >= 11 is 0. The number of halogens is 4. The molecule has 0 unspecified atom stereocenters. The Morgan fingerprint density at radius 3 is 2.21 bits per heavy atom. The number of nitriles is 1. The zero-order chi connectivity index (χ0) is 10.9. The van der Waals surface area contributed by atoms with Crippen molar-refractivity contribution in [2.24, 2.45) is 0 Å². The Hall–Kier alpha value is -1.57. The lowest BCUT2D eigenvalue weighted by Gasteiger charge is -2.08. The zero-order valence-electron chi connectivity index (χ0n) is 7.11. The standard InChI is InChI=1S/C9H5F4N/c1-5-2-6(9(11,12)13)3-8(10)7(5)4-14/h2-3H,1H3. The maximum atomic E-state index is 12.9. The highest BCUT2D eigenvalue weighted by molar-refractivity contribution is 5.41. The third-order valence-electron chi connectivity index (χ3n) is 1.73. The average Bonchev–Trinajstić information content (AvgIpc) is 2.01. The molecule has 5 heteroatoms. The summed E-state index contributed by atoms with van der Waals surface area (Å²) in [5, 5.41) is 8.42. The molecule has 1 aromatic carbocycles. The van der Waals surface area contributed by atoms with E-state index < -0.39 is 17.6 Å². The van der Waals surface area contributed by atoms with Gasteiger partial charge in [0.1, 0.15) is 11.9 Å². The molecule has 0 bridgehead atoms. The van der Waals surface area contributed by atoms with Crippen molar-refractivity contribution < 1.29 is 17.6 Å². The second-order valence-corrected chi connectivity index (χ2v) is 2.76. The van der Waals surface area contributed by atoms with E-state index in [-0.39, 0.29) is 11.1 Å². The van der Waals surface area contributed by atoms with Crippen LogP contribution >= 0.6 is 0 Å². The van der Waals surface area contributed by atoms with Gasteiger partial charge in [0, 0.05) is 0 Å². The molecule has 14 heavy (non-hydrogen) atoms. The Morgan fingerprint density at radius 1 is 1.29 bits per heavy atom. The van der Waals surface area contributed by atoms with Gasteiger partial charge in [-0.1, -0.05) is 0 Å². The number of nitrogens with zero attached hydrogens (tertiary/aromatic N) is 1. The molecule has 0 saturated carbocycles. The van der Waals surface area contributed by atoms with E-state index in [4.69, 9.17) is 5.26 Å². The monoisotopic (exact) mass is 203 g/mol. The second-order valence-electron chi connectivity index (χ2n) is 2.76. The van der Waals surface area contributed by atoms with Crippen molar-refractivity contribution in [2.75, 3.05) is 0 Å². The lowest BCUT2D eigenvalue weighted by molar-refractivity contribution is -0.137. The predicted molar refractivity (Wildman–Crippen MR) is 40.9 cm³/mol. The van der Waals surface area contributed by atoms with Gasteiger partial charge >= 0.3 is 6.18 Å². The van der Waals surface area contributed by atoms with E-state index in [1.165, 1.54) is 13.0 Å². The van der Waals surface area contributed by atoms with Gasteiger partial charge in [0.15, 0.2) is 0 Å². The summed E-state index contributed by atoms with van der Waals surface area (Å²) < 4.78 is 49.3. The molecule has 1 nitrogen and oxygen atoms in total. The van der Waals surface area contributed by atoms with Crippen LogP contribution in [-0.4, -0.2) is 0 Å². The topological polar surface area (TPSA) is 23.8 Å². The largest absolute Gasteiger partial charge is 0.416 e. The van der Waals surface area contributed by atoms with Gasteiger partial charge in [-0.3, -0.25) is 0 Å². The van der Waals surface area contributed by atoms with Gasteiger partial charge in [0.05, 0.1) is 11.1 Å². The van der Waals surface area contributed by atoms with Crippen LogP contribution in [0.4, 0.5) is 17.6 Å². The van der Waals surface area contributed by atoms with E-state index in [0.717, 1.165) is 6.07 Å². The minimum atomic E-state index is -4.58. The summed E-state index contributed by atoms with van der Waals surface area (Å²) in [7, 11) is 0. The highest BCUT2D eigenvalue weighted by Gasteiger charge is 2.31. The van der Waals surface area contributed by atoms with Crippen LogP contribution in [0.25, 0.3) is 0 Å². The fraction of sp³-hybridized carbons (Fsp3) is 0.222. The third-order valence-corrected chi connectivity index (χ3v) is 1.73. The van der Waals surface area contributed by atoms with Crippen LogP contribution < -0.4 is 0 Å². The van der Waals surface area contributed by atoms with Gasteiger partial charge in [-0.25, -0.2) is 4.39 Å². The Balaban J connectivity index is 3.37. The summed E-state index contributed by atoms with van der Waals surface area (Å²) in [4.78, 5) is 0. The van der Waals surface area contributed by atoms with E-state index in [2.05, 4.69) is 0 Å². The van der Waals surface area contributed by atoms with Crippen molar-refractivity contribution >= 4 is 0 Å². The lowest BCUT2D eigenvalue weighted by atomic mass is 10.1. The fourth-order valence-electron chi connectivity index (χ4n) is 1.05. The van der Waals surface area contributed by atoms with Crippen LogP contribution in [-0.2, 0) is 6.18 Å². The number of hydrogen-bond acceptors (Lipinski definition) is 1. The first kappa shape index (κ1) is 10.5. The van der Waals surface area contributed by atoms with Crippen LogP contribution in [0.1, 0.15) is 16.7 Å². The molecule has 0 spiro atoms. The smallest absolute Gasteiger partial charge is 0.206 e. The van der Waals surface area contributed by atoms with Crippen molar-refractivity contribution in [3.05, 3.63) is 34.6 Å². The molecule has 0 heterocycles. The SMILES string of the molecule is Cc1cc(C(F)(F)F)cc(F)c1C#N. The molecule has 0 N–H and O–H groups in total. The van der Waals surface area contributed by atoms with Crippen molar-refractivity contribution in [2.45, 2.75) is 13.1 Å². The van der Waals surface area contributed by atoms with Crippen molar-refractivity contribution in [1.29, 1.82) is 5.26 Å². The van der Waals surface area contributed by atoms with Gasteiger partial charge in [-0.05, 0) is 24.6 Å². The van der Waals surface area contributed by atoms with Crippen molar-refractivity contribution in [1.82, 2.24) is 0 Å². The normalized spacial score (nSPS) is 11.1. The lowest BCUT2D eigenvalue weighted by Crippen LogP contribution is -2.07. The highest BCUT2D eigenvalue weighted by atomic mass is 19.4. The van der Waals surface area contributed by atoms with E-state index in [0.29, 0.717) is 6.07 Å². The van der Waals surface area contributed by atoms with Gasteiger partial charge in [0.25, 0.3) is 0 Å². The van der Waals surface area contributed by atoms with E-state index in [9.17, 15) is 17.6 Å². The molecule has 0 amide bonds. The minimum Gasteiger partial charge on any atom is -0.206 e. The van der Waals surface area contributed by atoms with Gasteiger partial charge in [-0.2, -0.15) is 18.4 Å². The zero-order valence-corrected chi connectivity index (χ0v) is 7.11. The van der Waals surface area contributed by atoms with E-state index in [1.807, 2.05) is 0 Å². The molecule has 0 radical (unpaired) electrons. The molecular formula is C9H5F4N. The summed E-state index contributed by atoms with van der Waals surface area (Å²) in [5.74, 6) is -1.14. The molecule has 1 aromatic rings. The summed E-state index contributed by atoms with van der Waals surface area (Å²) in [5.41, 5.74) is -1.44. The quantitative estimate of drug-likeness (QED) is 0.594. The van der Waals surface area contributed by atoms with Crippen molar-refractivity contribution in [3.8, 4) is 6.07 Å². The molecular weight excluding hydrogens is 198 g/mol. The van der Waals surface area contributed by atoms with Crippen molar-refractivity contribution in [3.63, 3.8) is 0 Å². The summed E-state index contributed by atoms with van der Waals surface area (Å²) in [6.45, 7) is 1.26. The van der Waals surface area contributed by atoms with Crippen LogP contribution in [0.2, 0.25) is 0 Å². The summed E-state index contributed by atoms with van der Waals surface area (Å²) in [6, 6.07) is 2.58. The Kier molecular flexibility index (Phi) is 2.47. The molecule has 0 saturated heterocycles. The van der Waals surface area contributed by atoms with Gasteiger partial charge in [-0.15, -0.1) is 0 Å². The molecule has 0 aliphatic rings. The highest BCUT2D eigenvalue weighted by Crippen LogP contribution is 2.31. The van der Waals surface area contributed by atoms with E-state index in [1.54, 1.807) is 0 Å². The van der Waals surface area contributed by atoms with Crippen LogP contribution in [0.15, 0.2) is 12.1 Å². The molecule has 0 fully saturated rings. The van der Waals surface area contributed by atoms with Gasteiger partial charge in [0.2, 0.25) is 0 Å². The first-order chi connectivity index (χ1) is 6.36. The Morgan fingerprint density at radius 2 is 1.86 bits per heavy atom. The number of aryl methyl sites for hydroxylation is 1. The number of alkyl halides is 3. The fourth-order valence-corrected chi connectivity index (χ4v) is 1.05. The third kappa shape index (κ3) is 1.84. The first-order valence-corrected chi connectivity index (χ1v) is 3.63. The summed E-state index contributed by atoms with van der Waals surface area (Å²) in [6.07, 6.45) is -4.58. The van der Waals surface area contributed by atoms with E-state index >= 15 is 0 Å². The van der Waals surface area contributed by atoms with Crippen LogP contribution in [0.3, 0.4) is 0 Å². The molecule has 0 atom stereocenters. The van der Waals surface area contributed by atoms with Crippen LogP contribution in [0, 0.1) is 24.1 Å². The molecule has 0 aliphatic carbocycles. The maximum Gasteiger partial charge on any atom is 0.416 e. The molecule has 1 rings (SSSR count). The first-order valence-electron chi connectivity index (χ1n) is 3.63. The van der Waals surface area contributed by atoms with Gasteiger partial charge < -0.3 is 0 Å². The number of benzene rings is 1. The number of rotatable bonds is 0. The minimum absolute atomic E-state index is 0.0141. The Labute approximate surface area is 77.6 Å². The van der Waals surface area contributed by atoms with Crippen LogP contribution in [0.5, 0.6) is 0 Å². The number of hydrogen-bond donors (Lipinski definition) is 0. The average molecular weight is 203 g/mol. The second kappa shape index (κ2) is 3.29. The predicted octanol–water partition coefficient (Wildman–Crippen LogP) is 3.02. The molecule has 0 aliphatic heterocycles. The molecule has 74 valence electrons. The molecule has 0 aromatic heterocycles.